The van der Waals surface area contributed by atoms with Crippen LogP contribution in [0.1, 0.15) is 38.4 Å². The molecule has 2 amide bonds. The molecule has 1 aromatic carbocycles. The highest BCUT2D eigenvalue weighted by Crippen LogP contribution is 2.29. The third-order valence-electron chi connectivity index (χ3n) is 5.50. The van der Waals surface area contributed by atoms with E-state index in [1.165, 1.54) is 4.90 Å². The molecule has 7 nitrogen and oxygen atoms in total. The number of benzene rings is 1. The van der Waals surface area contributed by atoms with Gasteiger partial charge in [-0.1, -0.05) is 49.9 Å². The van der Waals surface area contributed by atoms with Crippen molar-refractivity contribution in [3.8, 4) is 17.0 Å². The largest absolute Gasteiger partial charge is 0.391 e. The molecule has 0 aliphatic carbocycles. The summed E-state index contributed by atoms with van der Waals surface area (Å²) in [5.41, 5.74) is 4.36. The van der Waals surface area contributed by atoms with E-state index in [0.717, 1.165) is 21.7 Å². The highest BCUT2D eigenvalue weighted by Gasteiger charge is 2.48. The van der Waals surface area contributed by atoms with Crippen molar-refractivity contribution >= 4 is 23.2 Å². The zero-order chi connectivity index (χ0) is 22.8. The SMILES string of the molecule is C#[N+][C@H](C(=O)N1C[C@H](O)C[C@H]1C(=O)NCc1ccc(-c2scnc2C)cc1)C(C)(C)C. The lowest BCUT2D eigenvalue weighted by molar-refractivity contribution is -0.140. The van der Waals surface area contributed by atoms with Gasteiger partial charge in [-0.15, -0.1) is 11.3 Å². The third-order valence-corrected chi connectivity index (χ3v) is 6.47. The standard InChI is InChI=1S/C23H28N4O3S/c1-14-19(31-13-26-14)16-8-6-15(7-9-16)11-25-21(29)18-10-17(28)12-27(18)22(30)20(24-5)23(2,3)4/h5-9,13,17-18,20,28H,10-12H2,1-4H3/p+1/t17-,18+,20-/m1/s1. The molecule has 1 fully saturated rings. The molecule has 0 bridgehead atoms. The van der Waals surface area contributed by atoms with Crippen molar-refractivity contribution in [2.24, 2.45) is 5.41 Å². The molecule has 2 N–H and O–H groups in total. The van der Waals surface area contributed by atoms with Crippen LogP contribution in [-0.4, -0.2) is 51.5 Å². The number of aliphatic hydroxyl groups excluding tert-OH is 1. The van der Waals surface area contributed by atoms with Crippen LogP contribution in [0.2, 0.25) is 0 Å². The maximum Gasteiger partial charge on any atom is 0.353 e. The maximum atomic E-state index is 13.0. The summed E-state index contributed by atoms with van der Waals surface area (Å²) in [7, 11) is 0. The van der Waals surface area contributed by atoms with Gasteiger partial charge in [0.15, 0.2) is 0 Å². The average molecular weight is 442 g/mol. The lowest BCUT2D eigenvalue weighted by Crippen LogP contribution is -2.50. The number of nitrogens with one attached hydrogen (secondary N) is 1. The molecule has 31 heavy (non-hydrogen) atoms. The number of carbonyl (C=O) groups is 2. The normalized spacial score (nSPS) is 19.7. The zero-order valence-electron chi connectivity index (χ0n) is 18.3. The van der Waals surface area contributed by atoms with Crippen molar-refractivity contribution in [2.75, 3.05) is 6.54 Å². The smallest absolute Gasteiger partial charge is 0.353 e. The van der Waals surface area contributed by atoms with Gasteiger partial charge in [-0.2, -0.15) is 0 Å². The van der Waals surface area contributed by atoms with Gasteiger partial charge in [-0.05, 0) is 18.1 Å². The highest BCUT2D eigenvalue weighted by molar-refractivity contribution is 7.13. The molecule has 1 saturated heterocycles. The number of hydrogen-bond donors (Lipinski definition) is 2. The Morgan fingerprint density at radius 3 is 2.58 bits per heavy atom. The molecular weight excluding hydrogens is 412 g/mol. The van der Waals surface area contributed by atoms with Crippen LogP contribution in [0.15, 0.2) is 29.8 Å². The van der Waals surface area contributed by atoms with Crippen molar-refractivity contribution in [1.82, 2.24) is 15.2 Å². The Labute approximate surface area is 186 Å². The second-order valence-corrected chi connectivity index (χ2v) is 9.85. The number of carbonyl (C=O) groups excluding carboxylic acids is 2. The van der Waals surface area contributed by atoms with Crippen molar-refractivity contribution in [3.05, 3.63) is 45.9 Å². The fourth-order valence-electron chi connectivity index (χ4n) is 3.78. The maximum absolute atomic E-state index is 13.0. The summed E-state index contributed by atoms with van der Waals surface area (Å²) < 4.78 is 0. The first-order chi connectivity index (χ1) is 14.6. The number of aryl methyl sites for hydroxylation is 1. The van der Waals surface area contributed by atoms with Gasteiger partial charge in [0.25, 0.3) is 6.57 Å². The molecule has 1 aliphatic rings. The van der Waals surface area contributed by atoms with Gasteiger partial charge >= 0.3 is 11.9 Å². The van der Waals surface area contributed by atoms with Crippen LogP contribution in [0.4, 0.5) is 0 Å². The Morgan fingerprint density at radius 2 is 2.03 bits per heavy atom. The molecule has 1 aliphatic heterocycles. The summed E-state index contributed by atoms with van der Waals surface area (Å²) in [6.07, 6.45) is -0.553. The fourth-order valence-corrected chi connectivity index (χ4v) is 4.59. The van der Waals surface area contributed by atoms with Crippen molar-refractivity contribution in [1.29, 1.82) is 0 Å². The summed E-state index contributed by atoms with van der Waals surface area (Å²) in [6.45, 7) is 13.5. The number of aromatic nitrogens is 1. The van der Waals surface area contributed by atoms with E-state index in [-0.39, 0.29) is 24.8 Å². The summed E-state index contributed by atoms with van der Waals surface area (Å²) in [6, 6.07) is 6.42. The number of amides is 2. The Balaban J connectivity index is 1.65. The Hall–Kier alpha value is -2.76. The third kappa shape index (κ3) is 5.12. The fraction of sp³-hybridized carbons (Fsp3) is 0.478. The summed E-state index contributed by atoms with van der Waals surface area (Å²) in [5, 5.41) is 13.0. The van der Waals surface area contributed by atoms with E-state index in [1.54, 1.807) is 11.3 Å². The van der Waals surface area contributed by atoms with Crippen molar-refractivity contribution in [3.63, 3.8) is 0 Å². The predicted molar refractivity (Wildman–Crippen MR) is 122 cm³/mol. The Kier molecular flexibility index (Phi) is 6.77. The van der Waals surface area contributed by atoms with Crippen LogP contribution >= 0.6 is 11.3 Å². The first kappa shape index (κ1) is 22.9. The van der Waals surface area contributed by atoms with Crippen LogP contribution in [-0.2, 0) is 16.1 Å². The molecular formula is C23H29N4O3S+. The minimum Gasteiger partial charge on any atom is -0.391 e. The van der Waals surface area contributed by atoms with Crippen molar-refractivity contribution in [2.45, 2.75) is 58.8 Å². The Morgan fingerprint density at radius 1 is 1.35 bits per heavy atom. The highest BCUT2D eigenvalue weighted by atomic mass is 32.1. The van der Waals surface area contributed by atoms with E-state index in [1.807, 2.05) is 57.5 Å². The first-order valence-electron chi connectivity index (χ1n) is 10.3. The van der Waals surface area contributed by atoms with Crippen LogP contribution < -0.4 is 5.32 Å². The Bertz CT molecular complexity index is 987. The number of rotatable bonds is 5. The molecule has 2 aromatic rings. The summed E-state index contributed by atoms with van der Waals surface area (Å²) in [4.78, 5) is 36.4. The average Bonchev–Trinajstić information content (AvgIpc) is 3.31. The van der Waals surface area contributed by atoms with E-state index in [2.05, 4.69) is 15.1 Å². The van der Waals surface area contributed by atoms with Gasteiger partial charge in [-0.25, -0.2) is 4.98 Å². The van der Waals surface area contributed by atoms with Gasteiger partial charge < -0.3 is 15.3 Å². The zero-order valence-corrected chi connectivity index (χ0v) is 19.1. The number of thiazole rings is 1. The molecule has 2 heterocycles. The van der Waals surface area contributed by atoms with Gasteiger partial charge in [-0.3, -0.25) is 9.59 Å². The number of β-amino-alcohol motifs (C(OH)–C–C–N with tert-alkyl or cyclic N) is 1. The van der Waals surface area contributed by atoms with Crippen LogP contribution in [0, 0.1) is 18.9 Å². The van der Waals surface area contributed by atoms with E-state index in [9.17, 15) is 14.7 Å². The minimum absolute atomic E-state index is 0.0991. The molecule has 164 valence electrons. The summed E-state index contributed by atoms with van der Waals surface area (Å²) >= 11 is 1.59. The quantitative estimate of drug-likeness (QED) is 0.747. The van der Waals surface area contributed by atoms with Crippen molar-refractivity contribution < 1.29 is 14.7 Å². The second kappa shape index (κ2) is 9.16. The lowest BCUT2D eigenvalue weighted by atomic mass is 9.86. The number of likely N-dealkylation sites (tertiary alicyclic amines) is 1. The second-order valence-electron chi connectivity index (χ2n) is 9.00. The number of nitrogens with zero attached hydrogens (tertiary/aromatic N) is 3. The first-order valence-corrected chi connectivity index (χ1v) is 11.2. The van der Waals surface area contributed by atoms with E-state index in [0.29, 0.717) is 6.54 Å². The monoisotopic (exact) mass is 441 g/mol. The molecule has 3 atom stereocenters. The minimum atomic E-state index is -0.782. The molecule has 0 radical (unpaired) electrons. The number of hydrogen-bond acceptors (Lipinski definition) is 5. The molecule has 1 aromatic heterocycles. The van der Waals surface area contributed by atoms with Crippen LogP contribution in [0.3, 0.4) is 0 Å². The van der Waals surface area contributed by atoms with Gasteiger partial charge in [0, 0.05) is 19.5 Å². The summed E-state index contributed by atoms with van der Waals surface area (Å²) in [5.74, 6) is -0.632. The van der Waals surface area contributed by atoms with E-state index >= 15 is 0 Å². The van der Waals surface area contributed by atoms with Gasteiger partial charge in [0.1, 0.15) is 6.04 Å². The lowest BCUT2D eigenvalue weighted by Gasteiger charge is -2.26. The molecule has 8 heteroatoms. The molecule has 0 unspecified atom stereocenters. The van der Waals surface area contributed by atoms with Crippen LogP contribution in [0.5, 0.6) is 0 Å². The van der Waals surface area contributed by atoms with Gasteiger partial charge in [0.2, 0.25) is 5.91 Å². The van der Waals surface area contributed by atoms with Gasteiger partial charge in [0.05, 0.1) is 27.6 Å². The number of aliphatic hydroxyl groups is 1. The van der Waals surface area contributed by atoms with E-state index in [4.69, 9.17) is 6.57 Å². The van der Waals surface area contributed by atoms with Crippen LogP contribution in [0.25, 0.3) is 15.3 Å². The predicted octanol–water partition coefficient (Wildman–Crippen LogP) is 3.07. The molecule has 0 spiro atoms. The molecule has 0 saturated carbocycles. The molecule has 3 rings (SSSR count). The van der Waals surface area contributed by atoms with E-state index < -0.39 is 23.6 Å². The topological polar surface area (TPSA) is 86.9 Å².